The maximum Gasteiger partial charge on any atom is 0.251 e. The number of carbonyl (C=O) groups is 1. The predicted octanol–water partition coefficient (Wildman–Crippen LogP) is 2.01. The molecule has 0 aliphatic rings. The van der Waals surface area contributed by atoms with Gasteiger partial charge in [-0.15, -0.1) is 0 Å². The molecule has 2 aromatic carbocycles. The monoisotopic (exact) mass is 298 g/mol. The van der Waals surface area contributed by atoms with Gasteiger partial charge in [-0.25, -0.2) is 0 Å². The Balaban J connectivity index is 1.94. The zero-order valence-electron chi connectivity index (χ0n) is 13.0. The molecule has 2 aromatic rings. The molecule has 0 fully saturated rings. The topological polar surface area (TPSA) is 52.6 Å². The zero-order chi connectivity index (χ0) is 15.9. The van der Waals surface area contributed by atoms with E-state index >= 15 is 0 Å². The van der Waals surface area contributed by atoms with Crippen molar-refractivity contribution in [1.29, 1.82) is 0 Å². The number of hydrogen-bond acceptors (Lipinski definition) is 3. The molecule has 4 nitrogen and oxygen atoms in total. The number of amides is 1. The highest BCUT2D eigenvalue weighted by Gasteiger charge is 2.10. The van der Waals surface area contributed by atoms with Crippen LogP contribution in [0.3, 0.4) is 0 Å². The normalized spacial score (nSPS) is 12.2. The van der Waals surface area contributed by atoms with Gasteiger partial charge < -0.3 is 15.3 Å². The number of benzene rings is 2. The molecule has 0 bridgehead atoms. The Morgan fingerprint density at radius 2 is 1.64 bits per heavy atom. The molecule has 0 heterocycles. The maximum atomic E-state index is 12.0. The van der Waals surface area contributed by atoms with E-state index in [-0.39, 0.29) is 12.5 Å². The number of aliphatic hydroxyl groups is 1. The fourth-order valence-electron chi connectivity index (χ4n) is 2.24. The molecule has 4 heteroatoms. The largest absolute Gasteiger partial charge is 0.390 e. The van der Waals surface area contributed by atoms with E-state index in [0.717, 1.165) is 11.1 Å². The Kier molecular flexibility index (Phi) is 5.69. The maximum absolute atomic E-state index is 12.0. The van der Waals surface area contributed by atoms with Gasteiger partial charge in [0.05, 0.1) is 6.10 Å². The van der Waals surface area contributed by atoms with E-state index in [4.69, 9.17) is 0 Å². The van der Waals surface area contributed by atoms with Crippen molar-refractivity contribution in [2.75, 3.05) is 27.2 Å². The highest BCUT2D eigenvalue weighted by Crippen LogP contribution is 2.19. The summed E-state index contributed by atoms with van der Waals surface area (Å²) in [6.45, 7) is 0.769. The minimum Gasteiger partial charge on any atom is -0.390 e. The van der Waals surface area contributed by atoms with Gasteiger partial charge >= 0.3 is 0 Å². The molecular weight excluding hydrogens is 276 g/mol. The number of hydrogen-bond donors (Lipinski definition) is 2. The van der Waals surface area contributed by atoms with E-state index in [2.05, 4.69) is 5.32 Å². The summed E-state index contributed by atoms with van der Waals surface area (Å²) in [6, 6.07) is 17.5. The Morgan fingerprint density at radius 3 is 2.23 bits per heavy atom. The highest BCUT2D eigenvalue weighted by atomic mass is 16.3. The van der Waals surface area contributed by atoms with Gasteiger partial charge in [0, 0.05) is 18.7 Å². The van der Waals surface area contributed by atoms with Crippen LogP contribution in [0.15, 0.2) is 54.6 Å². The fraction of sp³-hybridized carbons (Fsp3) is 0.278. The first-order valence-electron chi connectivity index (χ1n) is 7.33. The van der Waals surface area contributed by atoms with Gasteiger partial charge in [-0.3, -0.25) is 4.79 Å². The Morgan fingerprint density at radius 1 is 1.05 bits per heavy atom. The van der Waals surface area contributed by atoms with Crippen LogP contribution in [0.1, 0.15) is 10.4 Å². The molecule has 0 aliphatic heterocycles. The summed E-state index contributed by atoms with van der Waals surface area (Å²) in [7, 11) is 3.76. The molecule has 22 heavy (non-hydrogen) atoms. The second-order valence-corrected chi connectivity index (χ2v) is 5.57. The van der Waals surface area contributed by atoms with E-state index in [1.807, 2.05) is 61.5 Å². The first-order chi connectivity index (χ1) is 10.6. The van der Waals surface area contributed by atoms with Crippen molar-refractivity contribution in [3.05, 3.63) is 60.2 Å². The minimum absolute atomic E-state index is 0.169. The molecule has 0 saturated heterocycles. The summed E-state index contributed by atoms with van der Waals surface area (Å²) < 4.78 is 0. The quantitative estimate of drug-likeness (QED) is 0.858. The Hall–Kier alpha value is -2.17. The van der Waals surface area contributed by atoms with Gasteiger partial charge in [0.1, 0.15) is 0 Å². The van der Waals surface area contributed by atoms with Gasteiger partial charge in [0.2, 0.25) is 0 Å². The number of likely N-dealkylation sites (N-methyl/N-ethyl adjacent to an activating group) is 1. The standard InChI is InChI=1S/C18H22N2O2/c1-20(2)13-17(21)12-19-18(22)16-10-8-15(9-11-16)14-6-4-3-5-7-14/h3-11,17,21H,12-13H2,1-2H3,(H,19,22). The summed E-state index contributed by atoms with van der Waals surface area (Å²) in [4.78, 5) is 13.9. The number of nitrogens with zero attached hydrogens (tertiary/aromatic N) is 1. The first kappa shape index (κ1) is 16.2. The molecule has 0 saturated carbocycles. The van der Waals surface area contributed by atoms with Crippen LogP contribution in [0, 0.1) is 0 Å². The summed E-state index contributed by atoms with van der Waals surface area (Å²) in [5.41, 5.74) is 2.79. The molecular formula is C18H22N2O2. The lowest BCUT2D eigenvalue weighted by Crippen LogP contribution is -2.37. The van der Waals surface area contributed by atoms with E-state index in [1.165, 1.54) is 0 Å². The minimum atomic E-state index is -0.567. The van der Waals surface area contributed by atoms with Crippen molar-refractivity contribution in [3.63, 3.8) is 0 Å². The van der Waals surface area contributed by atoms with Crippen LogP contribution >= 0.6 is 0 Å². The number of aliphatic hydroxyl groups excluding tert-OH is 1. The van der Waals surface area contributed by atoms with Crippen molar-refractivity contribution >= 4 is 5.91 Å². The van der Waals surface area contributed by atoms with Gasteiger partial charge in [0.25, 0.3) is 5.91 Å². The Bertz CT molecular complexity index is 594. The van der Waals surface area contributed by atoms with Crippen molar-refractivity contribution < 1.29 is 9.90 Å². The van der Waals surface area contributed by atoms with Crippen LogP contribution in [0.5, 0.6) is 0 Å². The molecule has 0 aromatic heterocycles. The Labute approximate surface area is 131 Å². The van der Waals surface area contributed by atoms with Crippen LogP contribution in [-0.2, 0) is 0 Å². The van der Waals surface area contributed by atoms with E-state index in [0.29, 0.717) is 12.1 Å². The highest BCUT2D eigenvalue weighted by molar-refractivity contribution is 5.94. The van der Waals surface area contributed by atoms with Crippen molar-refractivity contribution in [2.45, 2.75) is 6.10 Å². The molecule has 0 radical (unpaired) electrons. The van der Waals surface area contributed by atoms with Crippen LogP contribution in [0.25, 0.3) is 11.1 Å². The summed E-state index contributed by atoms with van der Waals surface area (Å²) in [6.07, 6.45) is -0.567. The van der Waals surface area contributed by atoms with E-state index < -0.39 is 6.10 Å². The van der Waals surface area contributed by atoms with Crippen LogP contribution < -0.4 is 5.32 Å². The molecule has 1 amide bonds. The van der Waals surface area contributed by atoms with E-state index in [1.54, 1.807) is 12.1 Å². The molecule has 0 aliphatic carbocycles. The van der Waals surface area contributed by atoms with Crippen LogP contribution in [0.4, 0.5) is 0 Å². The molecule has 1 unspecified atom stereocenters. The van der Waals surface area contributed by atoms with Gasteiger partial charge in [-0.1, -0.05) is 42.5 Å². The number of nitrogens with one attached hydrogen (secondary N) is 1. The lowest BCUT2D eigenvalue weighted by Gasteiger charge is -2.16. The second-order valence-electron chi connectivity index (χ2n) is 5.57. The van der Waals surface area contributed by atoms with Gasteiger partial charge in [-0.2, -0.15) is 0 Å². The SMILES string of the molecule is CN(C)CC(O)CNC(=O)c1ccc(-c2ccccc2)cc1. The summed E-state index contributed by atoms with van der Waals surface area (Å²) in [5.74, 6) is -0.169. The van der Waals surface area contributed by atoms with Crippen LogP contribution in [-0.4, -0.2) is 49.2 Å². The third-order valence-corrected chi connectivity index (χ3v) is 3.33. The molecule has 0 spiro atoms. The average molecular weight is 298 g/mol. The van der Waals surface area contributed by atoms with E-state index in [9.17, 15) is 9.90 Å². The first-order valence-corrected chi connectivity index (χ1v) is 7.33. The molecule has 116 valence electrons. The average Bonchev–Trinajstić information content (AvgIpc) is 2.53. The second kappa shape index (κ2) is 7.73. The lowest BCUT2D eigenvalue weighted by molar-refractivity contribution is 0.0892. The van der Waals surface area contributed by atoms with Crippen molar-refractivity contribution in [3.8, 4) is 11.1 Å². The smallest absolute Gasteiger partial charge is 0.251 e. The number of rotatable bonds is 6. The third-order valence-electron chi connectivity index (χ3n) is 3.33. The molecule has 1 atom stereocenters. The fourth-order valence-corrected chi connectivity index (χ4v) is 2.24. The summed E-state index contributed by atoms with van der Waals surface area (Å²) in [5, 5.41) is 12.5. The molecule has 2 N–H and O–H groups in total. The number of carbonyl (C=O) groups excluding carboxylic acids is 1. The van der Waals surface area contributed by atoms with Crippen molar-refractivity contribution in [2.24, 2.45) is 0 Å². The predicted molar refractivity (Wildman–Crippen MR) is 88.8 cm³/mol. The zero-order valence-corrected chi connectivity index (χ0v) is 13.0. The third kappa shape index (κ3) is 4.69. The van der Waals surface area contributed by atoms with Crippen LogP contribution in [0.2, 0.25) is 0 Å². The van der Waals surface area contributed by atoms with Gasteiger partial charge in [0.15, 0.2) is 0 Å². The van der Waals surface area contributed by atoms with Crippen molar-refractivity contribution in [1.82, 2.24) is 10.2 Å². The lowest BCUT2D eigenvalue weighted by atomic mass is 10.0. The van der Waals surface area contributed by atoms with Gasteiger partial charge in [-0.05, 0) is 37.4 Å². The summed E-state index contributed by atoms with van der Waals surface area (Å²) >= 11 is 0. The molecule has 2 rings (SSSR count).